The summed E-state index contributed by atoms with van der Waals surface area (Å²) in [7, 11) is 0. The third-order valence-corrected chi connectivity index (χ3v) is 5.88. The highest BCUT2D eigenvalue weighted by atomic mass is 32.2. The highest BCUT2D eigenvalue weighted by Gasteiger charge is 2.16. The molecule has 0 saturated carbocycles. The lowest BCUT2D eigenvalue weighted by atomic mass is 10.1. The number of aromatic nitrogens is 5. The summed E-state index contributed by atoms with van der Waals surface area (Å²) in [6, 6.07) is 12.4. The van der Waals surface area contributed by atoms with E-state index in [1.807, 2.05) is 24.3 Å². The monoisotopic (exact) mass is 379 g/mol. The van der Waals surface area contributed by atoms with Gasteiger partial charge < -0.3 is 4.57 Å². The van der Waals surface area contributed by atoms with Crippen molar-refractivity contribution in [1.82, 2.24) is 24.7 Å². The first-order chi connectivity index (χ1) is 12.7. The number of benzene rings is 1. The normalized spacial score (nSPS) is 11.1. The molecule has 0 spiro atoms. The predicted octanol–water partition coefficient (Wildman–Crippen LogP) is 4.52. The third kappa shape index (κ3) is 3.40. The molecule has 3 aromatic heterocycles. The fourth-order valence-electron chi connectivity index (χ4n) is 2.74. The largest absolute Gasteiger partial charge is 0.302 e. The van der Waals surface area contributed by atoms with Gasteiger partial charge in [-0.25, -0.2) is 9.97 Å². The molecule has 4 rings (SSSR count). The van der Waals surface area contributed by atoms with Gasteiger partial charge in [0.1, 0.15) is 22.0 Å². The number of allylic oxidation sites excluding steroid dienone is 1. The zero-order valence-corrected chi connectivity index (χ0v) is 15.9. The molecule has 0 fully saturated rings. The van der Waals surface area contributed by atoms with Crippen LogP contribution in [0.3, 0.4) is 0 Å². The minimum atomic E-state index is 0.661. The third-order valence-electron chi connectivity index (χ3n) is 3.91. The first kappa shape index (κ1) is 16.9. The average molecular weight is 380 g/mol. The highest BCUT2D eigenvalue weighted by Crippen LogP contribution is 2.34. The topological polar surface area (TPSA) is 56.5 Å². The zero-order valence-electron chi connectivity index (χ0n) is 14.3. The summed E-state index contributed by atoms with van der Waals surface area (Å²) in [5, 5.41) is 11.6. The second kappa shape index (κ2) is 7.39. The van der Waals surface area contributed by atoms with E-state index >= 15 is 0 Å². The molecule has 7 heteroatoms. The summed E-state index contributed by atoms with van der Waals surface area (Å²) in [6.07, 6.45) is 4.21. The maximum Gasteiger partial charge on any atom is 0.197 e. The minimum absolute atomic E-state index is 0.661. The van der Waals surface area contributed by atoms with Gasteiger partial charge in [-0.05, 0) is 30.3 Å². The van der Waals surface area contributed by atoms with Crippen LogP contribution in [-0.2, 0) is 13.0 Å². The van der Waals surface area contributed by atoms with Crippen LogP contribution in [0.2, 0.25) is 0 Å². The fraction of sp³-hybridized carbons (Fsp3) is 0.158. The molecule has 1 aromatic carbocycles. The number of rotatable bonds is 6. The van der Waals surface area contributed by atoms with Crippen molar-refractivity contribution in [2.75, 3.05) is 0 Å². The number of thiophene rings is 1. The standard InChI is InChI=1S/C19H17N5S2/c1-3-9-24-16(11-14-7-5-4-6-8-14)22-23-19(24)26-18-15-10-13(2)25-17(15)20-12-21-18/h3-8,10,12H,1,9,11H2,2H3. The van der Waals surface area contributed by atoms with Gasteiger partial charge in [-0.3, -0.25) is 0 Å². The number of hydrogen-bond donors (Lipinski definition) is 0. The Bertz CT molecular complexity index is 1050. The Kier molecular flexibility index (Phi) is 4.81. The van der Waals surface area contributed by atoms with E-state index in [9.17, 15) is 0 Å². The first-order valence-corrected chi connectivity index (χ1v) is 9.84. The summed E-state index contributed by atoms with van der Waals surface area (Å²) in [5.74, 6) is 0.922. The first-order valence-electron chi connectivity index (χ1n) is 8.20. The van der Waals surface area contributed by atoms with Gasteiger partial charge in [0.2, 0.25) is 0 Å². The van der Waals surface area contributed by atoms with Crippen LogP contribution in [0.1, 0.15) is 16.3 Å². The van der Waals surface area contributed by atoms with Gasteiger partial charge in [0, 0.05) is 23.2 Å². The lowest BCUT2D eigenvalue weighted by molar-refractivity contribution is 0.690. The van der Waals surface area contributed by atoms with Crippen molar-refractivity contribution in [3.05, 3.63) is 71.6 Å². The van der Waals surface area contributed by atoms with E-state index in [1.54, 1.807) is 17.7 Å². The quantitative estimate of drug-likeness (QED) is 0.364. The summed E-state index contributed by atoms with van der Waals surface area (Å²) in [4.78, 5) is 11.0. The molecule has 0 radical (unpaired) electrons. The van der Waals surface area contributed by atoms with Crippen molar-refractivity contribution in [2.24, 2.45) is 0 Å². The van der Waals surface area contributed by atoms with Gasteiger partial charge in [-0.15, -0.1) is 28.1 Å². The van der Waals surface area contributed by atoms with E-state index in [2.05, 4.69) is 56.4 Å². The van der Waals surface area contributed by atoms with Crippen LogP contribution >= 0.6 is 23.1 Å². The van der Waals surface area contributed by atoms with Crippen LogP contribution in [-0.4, -0.2) is 24.7 Å². The second-order valence-electron chi connectivity index (χ2n) is 5.82. The van der Waals surface area contributed by atoms with E-state index in [0.29, 0.717) is 6.54 Å². The van der Waals surface area contributed by atoms with E-state index < -0.39 is 0 Å². The molecule has 0 unspecified atom stereocenters. The Morgan fingerprint density at radius 3 is 2.85 bits per heavy atom. The van der Waals surface area contributed by atoms with Gasteiger partial charge in [-0.1, -0.05) is 36.4 Å². The molecule has 26 heavy (non-hydrogen) atoms. The molecule has 0 bridgehead atoms. The summed E-state index contributed by atoms with van der Waals surface area (Å²) >= 11 is 3.20. The maximum atomic E-state index is 4.46. The molecule has 4 aromatic rings. The Balaban J connectivity index is 1.68. The molecular weight excluding hydrogens is 362 g/mol. The minimum Gasteiger partial charge on any atom is -0.302 e. The van der Waals surface area contributed by atoms with Crippen LogP contribution in [0.5, 0.6) is 0 Å². The Morgan fingerprint density at radius 2 is 2.04 bits per heavy atom. The van der Waals surface area contributed by atoms with Crippen molar-refractivity contribution in [3.8, 4) is 0 Å². The molecule has 130 valence electrons. The Morgan fingerprint density at radius 1 is 1.19 bits per heavy atom. The van der Waals surface area contributed by atoms with Crippen LogP contribution in [0.15, 0.2) is 65.6 Å². The van der Waals surface area contributed by atoms with Gasteiger partial charge in [0.25, 0.3) is 0 Å². The number of nitrogens with zero attached hydrogens (tertiary/aromatic N) is 5. The van der Waals surface area contributed by atoms with Crippen molar-refractivity contribution in [2.45, 2.75) is 30.1 Å². The van der Waals surface area contributed by atoms with Crippen LogP contribution in [0.25, 0.3) is 10.2 Å². The van der Waals surface area contributed by atoms with Crippen molar-refractivity contribution in [3.63, 3.8) is 0 Å². The molecule has 0 amide bonds. The van der Waals surface area contributed by atoms with Gasteiger partial charge in [-0.2, -0.15) is 0 Å². The lowest BCUT2D eigenvalue weighted by Gasteiger charge is -2.07. The van der Waals surface area contributed by atoms with Crippen molar-refractivity contribution in [1.29, 1.82) is 0 Å². The molecule has 0 saturated heterocycles. The van der Waals surface area contributed by atoms with Gasteiger partial charge >= 0.3 is 0 Å². The number of fused-ring (bicyclic) bond motifs is 1. The molecule has 5 nitrogen and oxygen atoms in total. The Hall–Kier alpha value is -2.51. The van der Waals surface area contributed by atoms with Crippen molar-refractivity contribution < 1.29 is 0 Å². The summed E-state index contributed by atoms with van der Waals surface area (Å²) < 4.78 is 2.10. The summed E-state index contributed by atoms with van der Waals surface area (Å²) in [6.45, 7) is 6.62. The van der Waals surface area contributed by atoms with E-state index in [4.69, 9.17) is 0 Å². The molecule has 0 atom stereocenters. The highest BCUT2D eigenvalue weighted by molar-refractivity contribution is 7.99. The molecule has 0 aliphatic rings. The summed E-state index contributed by atoms with van der Waals surface area (Å²) in [5.41, 5.74) is 1.21. The lowest BCUT2D eigenvalue weighted by Crippen LogP contribution is -2.04. The SMILES string of the molecule is C=CCn1c(Cc2ccccc2)nnc1Sc1ncnc2sc(C)cc12. The molecule has 3 heterocycles. The molecule has 0 aliphatic carbocycles. The molecule has 0 N–H and O–H groups in total. The maximum absolute atomic E-state index is 4.46. The fourth-order valence-corrected chi connectivity index (χ4v) is 4.56. The second-order valence-corrected chi connectivity index (χ2v) is 8.01. The van der Waals surface area contributed by atoms with Gasteiger partial charge in [0.15, 0.2) is 5.16 Å². The van der Waals surface area contributed by atoms with Crippen LogP contribution in [0, 0.1) is 6.92 Å². The van der Waals surface area contributed by atoms with Crippen LogP contribution < -0.4 is 0 Å². The molecular formula is C19H17N5S2. The van der Waals surface area contributed by atoms with Gasteiger partial charge in [0.05, 0.1) is 0 Å². The number of hydrogen-bond acceptors (Lipinski definition) is 6. The van der Waals surface area contributed by atoms with Crippen molar-refractivity contribution >= 4 is 33.3 Å². The Labute approximate surface area is 159 Å². The van der Waals surface area contributed by atoms with Crippen LogP contribution in [0.4, 0.5) is 0 Å². The zero-order chi connectivity index (χ0) is 17.9. The number of aryl methyl sites for hydroxylation is 1. The molecule has 0 aliphatic heterocycles. The van der Waals surface area contributed by atoms with E-state index in [1.165, 1.54) is 22.2 Å². The van der Waals surface area contributed by atoms with E-state index in [0.717, 1.165) is 32.6 Å². The van der Waals surface area contributed by atoms with E-state index in [-0.39, 0.29) is 0 Å². The average Bonchev–Trinajstić information content (AvgIpc) is 3.20. The predicted molar refractivity (Wildman–Crippen MR) is 106 cm³/mol. The smallest absolute Gasteiger partial charge is 0.197 e.